The molecule has 4 rings (SSSR count). The summed E-state index contributed by atoms with van der Waals surface area (Å²) in [5, 5.41) is 11.1. The Balaban J connectivity index is 1.73. The van der Waals surface area contributed by atoms with Crippen LogP contribution in [0.2, 0.25) is 0 Å². The summed E-state index contributed by atoms with van der Waals surface area (Å²) in [5.41, 5.74) is -0.0550. The zero-order chi connectivity index (χ0) is 25.9. The van der Waals surface area contributed by atoms with Crippen molar-refractivity contribution in [2.24, 2.45) is 0 Å². The van der Waals surface area contributed by atoms with Crippen LogP contribution in [0.15, 0.2) is 59.0 Å². The Morgan fingerprint density at radius 3 is 2.42 bits per heavy atom. The van der Waals surface area contributed by atoms with Gasteiger partial charge in [-0.1, -0.05) is 18.2 Å². The Bertz CT molecular complexity index is 1270. The van der Waals surface area contributed by atoms with Crippen LogP contribution in [0, 0.1) is 5.82 Å². The molecule has 0 radical (unpaired) electrons. The van der Waals surface area contributed by atoms with Crippen LogP contribution in [-0.2, 0) is 29.1 Å². The summed E-state index contributed by atoms with van der Waals surface area (Å²) >= 11 is 0. The minimum Gasteiger partial charge on any atom is -0.507 e. The first kappa shape index (κ1) is 26.0. The monoisotopic (exact) mass is 518 g/mol. The molecule has 0 bridgehead atoms. The van der Waals surface area contributed by atoms with Crippen LogP contribution in [0.1, 0.15) is 23.6 Å². The first-order chi connectivity index (χ1) is 17.3. The molecule has 192 valence electrons. The van der Waals surface area contributed by atoms with Crippen molar-refractivity contribution < 1.29 is 37.0 Å². The van der Waals surface area contributed by atoms with E-state index in [4.69, 9.17) is 9.47 Å². The maximum Gasteiger partial charge on any atom is 0.295 e. The molecular weight excluding hydrogens is 491 g/mol. The van der Waals surface area contributed by atoms with Crippen molar-refractivity contribution in [2.45, 2.75) is 17.4 Å². The third-order valence-corrected chi connectivity index (χ3v) is 8.14. The van der Waals surface area contributed by atoms with Crippen LogP contribution in [0.25, 0.3) is 5.76 Å². The number of hydrogen-bond acceptors (Lipinski definition) is 7. The van der Waals surface area contributed by atoms with Gasteiger partial charge in [0.05, 0.1) is 29.7 Å². The van der Waals surface area contributed by atoms with Crippen LogP contribution in [-0.4, -0.2) is 81.0 Å². The molecule has 0 aromatic heterocycles. The summed E-state index contributed by atoms with van der Waals surface area (Å²) < 4.78 is 52.2. The van der Waals surface area contributed by atoms with Crippen molar-refractivity contribution >= 4 is 27.5 Å². The molecule has 1 atom stereocenters. The van der Waals surface area contributed by atoms with Crippen molar-refractivity contribution in [3.05, 3.63) is 71.0 Å². The number of methoxy groups -OCH3 is 1. The smallest absolute Gasteiger partial charge is 0.295 e. The van der Waals surface area contributed by atoms with Crippen LogP contribution < -0.4 is 0 Å². The van der Waals surface area contributed by atoms with Gasteiger partial charge in [0.25, 0.3) is 11.7 Å². The van der Waals surface area contributed by atoms with E-state index in [0.717, 1.165) is 0 Å². The van der Waals surface area contributed by atoms with Crippen molar-refractivity contribution in [3.63, 3.8) is 0 Å². The van der Waals surface area contributed by atoms with Gasteiger partial charge in [-0.3, -0.25) is 9.59 Å². The number of benzene rings is 2. The van der Waals surface area contributed by atoms with Crippen molar-refractivity contribution in [2.75, 3.05) is 46.6 Å². The molecule has 1 N–H and O–H groups in total. The summed E-state index contributed by atoms with van der Waals surface area (Å²) in [6.45, 7) is 1.52. The molecule has 0 spiro atoms. The number of halogens is 1. The molecule has 2 aromatic carbocycles. The number of aliphatic hydroxyl groups is 1. The van der Waals surface area contributed by atoms with E-state index in [-0.39, 0.29) is 41.2 Å². The van der Waals surface area contributed by atoms with Gasteiger partial charge in [0.15, 0.2) is 0 Å². The number of nitrogens with zero attached hydrogens (tertiary/aromatic N) is 2. The molecule has 2 saturated heterocycles. The van der Waals surface area contributed by atoms with Crippen LogP contribution in [0.4, 0.5) is 4.39 Å². The van der Waals surface area contributed by atoms with Crippen molar-refractivity contribution in [3.8, 4) is 0 Å². The van der Waals surface area contributed by atoms with Gasteiger partial charge in [-0.15, -0.1) is 0 Å². The van der Waals surface area contributed by atoms with Gasteiger partial charge in [-0.25, -0.2) is 12.8 Å². The number of morpholine rings is 1. The molecule has 0 saturated carbocycles. The van der Waals surface area contributed by atoms with Gasteiger partial charge in [-0.05, 0) is 36.8 Å². The molecule has 2 aliphatic rings. The quantitative estimate of drug-likeness (QED) is 0.247. The van der Waals surface area contributed by atoms with E-state index in [1.54, 1.807) is 6.07 Å². The lowest BCUT2D eigenvalue weighted by Crippen LogP contribution is -2.40. The summed E-state index contributed by atoms with van der Waals surface area (Å²) in [4.78, 5) is 27.1. The Hall–Kier alpha value is -3.12. The normalized spacial score (nSPS) is 20.7. The molecule has 9 nitrogen and oxygen atoms in total. The van der Waals surface area contributed by atoms with Gasteiger partial charge >= 0.3 is 0 Å². The Morgan fingerprint density at radius 2 is 1.78 bits per heavy atom. The van der Waals surface area contributed by atoms with Crippen LogP contribution in [0.5, 0.6) is 0 Å². The second-order valence-corrected chi connectivity index (χ2v) is 10.3. The number of carbonyl (C=O) groups is 2. The average Bonchev–Trinajstić information content (AvgIpc) is 3.14. The molecule has 0 unspecified atom stereocenters. The highest BCUT2D eigenvalue weighted by Gasteiger charge is 2.46. The van der Waals surface area contributed by atoms with Gasteiger partial charge in [-0.2, -0.15) is 4.31 Å². The largest absolute Gasteiger partial charge is 0.507 e. The van der Waals surface area contributed by atoms with Gasteiger partial charge in [0.2, 0.25) is 10.0 Å². The number of aliphatic hydroxyl groups excluding tert-OH is 1. The average molecular weight is 519 g/mol. The minimum absolute atomic E-state index is 0.0200. The topological polar surface area (TPSA) is 113 Å². The molecule has 2 heterocycles. The Labute approximate surface area is 208 Å². The number of likely N-dealkylation sites (tertiary alicyclic amines) is 1. The molecule has 11 heteroatoms. The maximum atomic E-state index is 14.8. The van der Waals surface area contributed by atoms with Crippen LogP contribution >= 0.6 is 0 Å². The fraction of sp³-hybridized carbons (Fsp3) is 0.360. The third-order valence-electron chi connectivity index (χ3n) is 6.22. The SMILES string of the molecule is COCCCN1C(=O)C(=O)C(=C(O)c2ccc(S(=O)(=O)N3CCOCC3)cc2)[C@H]1c1ccccc1F. The highest BCUT2D eigenvalue weighted by Crippen LogP contribution is 2.40. The molecule has 2 fully saturated rings. The van der Waals surface area contributed by atoms with E-state index in [1.807, 2.05) is 0 Å². The van der Waals surface area contributed by atoms with Crippen molar-refractivity contribution in [1.82, 2.24) is 9.21 Å². The fourth-order valence-corrected chi connectivity index (χ4v) is 5.79. The molecule has 2 aliphatic heterocycles. The predicted molar refractivity (Wildman–Crippen MR) is 128 cm³/mol. The van der Waals surface area contributed by atoms with E-state index in [1.165, 1.54) is 58.8 Å². The number of ketones is 1. The fourth-order valence-electron chi connectivity index (χ4n) is 4.39. The Kier molecular flexibility index (Phi) is 7.84. The first-order valence-electron chi connectivity index (χ1n) is 11.5. The maximum absolute atomic E-state index is 14.8. The Morgan fingerprint density at radius 1 is 1.11 bits per heavy atom. The summed E-state index contributed by atoms with van der Waals surface area (Å²) in [5.74, 6) is -2.93. The lowest BCUT2D eigenvalue weighted by molar-refractivity contribution is -0.140. The highest BCUT2D eigenvalue weighted by atomic mass is 32.2. The number of hydrogen-bond donors (Lipinski definition) is 1. The second-order valence-electron chi connectivity index (χ2n) is 8.40. The zero-order valence-corrected chi connectivity index (χ0v) is 20.5. The third kappa shape index (κ3) is 4.92. The first-order valence-corrected chi connectivity index (χ1v) is 12.9. The molecule has 2 aromatic rings. The summed E-state index contributed by atoms with van der Waals surface area (Å²) in [6, 6.07) is 9.98. The van der Waals surface area contributed by atoms with E-state index < -0.39 is 39.3 Å². The van der Waals surface area contributed by atoms with E-state index >= 15 is 0 Å². The summed E-state index contributed by atoms with van der Waals surface area (Å²) in [7, 11) is -2.25. The number of sulfonamides is 1. The number of ether oxygens (including phenoxy) is 2. The lowest BCUT2D eigenvalue weighted by atomic mass is 9.95. The predicted octanol–water partition coefficient (Wildman–Crippen LogP) is 2.30. The van der Waals surface area contributed by atoms with E-state index in [9.17, 15) is 27.5 Å². The van der Waals surface area contributed by atoms with Crippen LogP contribution in [0.3, 0.4) is 0 Å². The van der Waals surface area contributed by atoms with Gasteiger partial charge < -0.3 is 19.5 Å². The standard InChI is InChI=1S/C25H27FN2O7S/c1-34-14-4-11-28-22(19-5-2-3-6-20(19)26)21(24(30)25(28)31)23(29)17-7-9-18(10-8-17)36(32,33)27-12-15-35-16-13-27/h2-3,5-10,22,29H,4,11-16H2,1H3/t22-/m1/s1. The molecule has 36 heavy (non-hydrogen) atoms. The number of carbonyl (C=O) groups excluding carboxylic acids is 2. The number of Topliss-reactive ketones (excluding diaryl/α,β-unsaturated/α-hetero) is 1. The number of rotatable bonds is 8. The second kappa shape index (κ2) is 10.9. The zero-order valence-electron chi connectivity index (χ0n) is 19.7. The highest BCUT2D eigenvalue weighted by molar-refractivity contribution is 7.89. The van der Waals surface area contributed by atoms with Gasteiger partial charge in [0, 0.05) is 44.5 Å². The van der Waals surface area contributed by atoms with Gasteiger partial charge in [0.1, 0.15) is 11.6 Å². The minimum atomic E-state index is -3.76. The molecular formula is C25H27FN2O7S. The molecule has 1 amide bonds. The number of amides is 1. The van der Waals surface area contributed by atoms with E-state index in [0.29, 0.717) is 26.2 Å². The van der Waals surface area contributed by atoms with Crippen molar-refractivity contribution in [1.29, 1.82) is 0 Å². The lowest BCUT2D eigenvalue weighted by Gasteiger charge is -2.26. The van der Waals surface area contributed by atoms with E-state index in [2.05, 4.69) is 0 Å². The summed E-state index contributed by atoms with van der Waals surface area (Å²) in [6.07, 6.45) is 0.405. The molecule has 0 aliphatic carbocycles.